The number of amides is 1. The van der Waals surface area contributed by atoms with Gasteiger partial charge in [0.15, 0.2) is 6.61 Å². The fraction of sp³-hybridized carbons (Fsp3) is 0.174. The van der Waals surface area contributed by atoms with Crippen LogP contribution in [0.15, 0.2) is 60.7 Å². The van der Waals surface area contributed by atoms with Gasteiger partial charge in [-0.2, -0.15) is 5.26 Å². The lowest BCUT2D eigenvalue weighted by molar-refractivity contribution is -0.121. The molecule has 0 saturated carbocycles. The van der Waals surface area contributed by atoms with Gasteiger partial charge in [-0.1, -0.05) is 42.5 Å². The van der Waals surface area contributed by atoms with Crippen LogP contribution < -0.4 is 4.90 Å². The quantitative estimate of drug-likeness (QED) is 0.508. The van der Waals surface area contributed by atoms with E-state index < -0.39 is 18.5 Å². The van der Waals surface area contributed by atoms with Crippen molar-refractivity contribution >= 4 is 28.3 Å². The first-order valence-electron chi connectivity index (χ1n) is 9.12. The van der Waals surface area contributed by atoms with E-state index in [1.807, 2.05) is 30.3 Å². The number of carbonyl (C=O) groups excluding carboxylic acids is 2. The monoisotopic (exact) mass is 370 g/mol. The minimum absolute atomic E-state index is 0.110. The van der Waals surface area contributed by atoms with E-state index in [4.69, 9.17) is 10.00 Å². The number of para-hydroxylation sites is 1. The molecule has 0 aromatic heterocycles. The van der Waals surface area contributed by atoms with Gasteiger partial charge in [-0.15, -0.1) is 0 Å². The van der Waals surface area contributed by atoms with Crippen molar-refractivity contribution in [3.8, 4) is 6.07 Å². The Morgan fingerprint density at radius 2 is 1.71 bits per heavy atom. The molecule has 5 nitrogen and oxygen atoms in total. The molecule has 0 bridgehead atoms. The average molecular weight is 370 g/mol. The highest BCUT2D eigenvalue weighted by molar-refractivity contribution is 6.07. The zero-order chi connectivity index (χ0) is 19.5. The molecule has 138 valence electrons. The normalized spacial score (nSPS) is 11.8. The smallest absolute Gasteiger partial charge is 0.339 e. The fourth-order valence-corrected chi connectivity index (χ4v) is 3.71. The Morgan fingerprint density at radius 1 is 0.964 bits per heavy atom. The summed E-state index contributed by atoms with van der Waals surface area (Å²) in [7, 11) is 0. The van der Waals surface area contributed by atoms with Gasteiger partial charge in [0.05, 0.1) is 11.6 Å². The molecule has 4 rings (SSSR count). The molecule has 0 radical (unpaired) electrons. The molecule has 0 heterocycles. The lowest BCUT2D eigenvalue weighted by Crippen LogP contribution is -2.35. The van der Waals surface area contributed by atoms with Crippen molar-refractivity contribution in [2.24, 2.45) is 0 Å². The molecular formula is C23H18N2O3. The van der Waals surface area contributed by atoms with Gasteiger partial charge in [0.25, 0.3) is 5.91 Å². The minimum Gasteiger partial charge on any atom is -0.452 e. The van der Waals surface area contributed by atoms with Gasteiger partial charge in [0.2, 0.25) is 0 Å². The summed E-state index contributed by atoms with van der Waals surface area (Å²) in [5, 5.41) is 11.0. The van der Waals surface area contributed by atoms with Gasteiger partial charge in [0, 0.05) is 5.69 Å². The zero-order valence-electron chi connectivity index (χ0n) is 15.2. The van der Waals surface area contributed by atoms with E-state index in [1.54, 1.807) is 30.3 Å². The van der Waals surface area contributed by atoms with E-state index in [1.165, 1.54) is 16.0 Å². The number of carbonyl (C=O) groups is 2. The van der Waals surface area contributed by atoms with Crippen molar-refractivity contribution in [3.05, 3.63) is 77.4 Å². The molecule has 0 saturated heterocycles. The van der Waals surface area contributed by atoms with Crippen molar-refractivity contribution in [2.45, 2.75) is 12.8 Å². The van der Waals surface area contributed by atoms with E-state index in [0.29, 0.717) is 11.3 Å². The number of nitriles is 1. The van der Waals surface area contributed by atoms with Crippen molar-refractivity contribution in [3.63, 3.8) is 0 Å². The minimum atomic E-state index is -0.533. The van der Waals surface area contributed by atoms with E-state index in [9.17, 15) is 9.59 Å². The maximum Gasteiger partial charge on any atom is 0.339 e. The molecule has 0 N–H and O–H groups in total. The summed E-state index contributed by atoms with van der Waals surface area (Å²) < 4.78 is 5.31. The number of nitrogens with zero attached hydrogens (tertiary/aromatic N) is 2. The van der Waals surface area contributed by atoms with E-state index in [0.717, 1.165) is 23.6 Å². The van der Waals surface area contributed by atoms with Gasteiger partial charge < -0.3 is 4.74 Å². The Kier molecular flexibility index (Phi) is 4.77. The maximum atomic E-state index is 12.7. The Bertz CT molecular complexity index is 1090. The molecule has 28 heavy (non-hydrogen) atoms. The SMILES string of the molecule is N#CCN(C(=O)COC(=O)c1ccc2c3c(cccc13)CC2)c1ccccc1. The second-order valence-electron chi connectivity index (χ2n) is 6.66. The van der Waals surface area contributed by atoms with Crippen LogP contribution in [0.2, 0.25) is 0 Å². The predicted molar refractivity (Wildman–Crippen MR) is 106 cm³/mol. The first kappa shape index (κ1) is 17.7. The molecule has 0 aliphatic heterocycles. The number of benzene rings is 3. The largest absolute Gasteiger partial charge is 0.452 e. The summed E-state index contributed by atoms with van der Waals surface area (Å²) in [6, 6.07) is 20.5. The molecule has 0 unspecified atom stereocenters. The van der Waals surface area contributed by atoms with E-state index in [-0.39, 0.29) is 6.54 Å². The lowest BCUT2D eigenvalue weighted by Gasteiger charge is -2.19. The highest BCUT2D eigenvalue weighted by Crippen LogP contribution is 2.33. The molecule has 1 aliphatic rings. The molecule has 1 amide bonds. The first-order valence-corrected chi connectivity index (χ1v) is 9.12. The van der Waals surface area contributed by atoms with Crippen molar-refractivity contribution in [2.75, 3.05) is 18.1 Å². The second-order valence-corrected chi connectivity index (χ2v) is 6.66. The number of hydrogen-bond acceptors (Lipinski definition) is 4. The van der Waals surface area contributed by atoms with Gasteiger partial charge >= 0.3 is 5.97 Å². The van der Waals surface area contributed by atoms with E-state index >= 15 is 0 Å². The van der Waals surface area contributed by atoms with Gasteiger partial charge in [-0.05, 0) is 52.9 Å². The molecule has 1 aliphatic carbocycles. The Labute approximate surface area is 162 Å². The molecule has 3 aromatic carbocycles. The summed E-state index contributed by atoms with van der Waals surface area (Å²) in [5.74, 6) is -0.971. The molecular weight excluding hydrogens is 352 g/mol. The summed E-state index contributed by atoms with van der Waals surface area (Å²) in [4.78, 5) is 26.5. The van der Waals surface area contributed by atoms with Crippen LogP contribution in [-0.2, 0) is 22.4 Å². The summed E-state index contributed by atoms with van der Waals surface area (Å²) in [6.45, 7) is -0.528. The van der Waals surface area contributed by atoms with Crippen LogP contribution in [0, 0.1) is 11.3 Å². The number of aryl methyl sites for hydroxylation is 2. The highest BCUT2D eigenvalue weighted by atomic mass is 16.5. The molecule has 0 atom stereocenters. The van der Waals surface area contributed by atoms with Crippen molar-refractivity contribution in [1.29, 1.82) is 5.26 Å². The van der Waals surface area contributed by atoms with Crippen LogP contribution in [0.25, 0.3) is 10.8 Å². The molecule has 0 spiro atoms. The van der Waals surface area contributed by atoms with Crippen LogP contribution in [0.4, 0.5) is 5.69 Å². The maximum absolute atomic E-state index is 12.7. The number of ether oxygens (including phenoxy) is 1. The lowest BCUT2D eigenvalue weighted by atomic mass is 10.00. The van der Waals surface area contributed by atoms with Crippen molar-refractivity contribution in [1.82, 2.24) is 0 Å². The average Bonchev–Trinajstić information content (AvgIpc) is 3.16. The van der Waals surface area contributed by atoms with Gasteiger partial charge in [-0.3, -0.25) is 9.69 Å². The third-order valence-electron chi connectivity index (χ3n) is 5.02. The van der Waals surface area contributed by atoms with Crippen molar-refractivity contribution < 1.29 is 14.3 Å². The highest BCUT2D eigenvalue weighted by Gasteiger charge is 2.21. The van der Waals surface area contributed by atoms with Crippen LogP contribution in [-0.4, -0.2) is 25.0 Å². The summed E-state index contributed by atoms with van der Waals surface area (Å²) >= 11 is 0. The number of rotatable bonds is 5. The summed E-state index contributed by atoms with van der Waals surface area (Å²) in [5.41, 5.74) is 3.53. The third kappa shape index (κ3) is 3.21. The fourth-order valence-electron chi connectivity index (χ4n) is 3.71. The zero-order valence-corrected chi connectivity index (χ0v) is 15.2. The second kappa shape index (κ2) is 7.53. The van der Waals surface area contributed by atoms with Crippen LogP contribution in [0.1, 0.15) is 21.5 Å². The third-order valence-corrected chi connectivity index (χ3v) is 5.02. The van der Waals surface area contributed by atoms with Crippen LogP contribution >= 0.6 is 0 Å². The summed E-state index contributed by atoms with van der Waals surface area (Å²) in [6.07, 6.45) is 1.95. The molecule has 3 aromatic rings. The van der Waals surface area contributed by atoms with Crippen LogP contribution in [0.5, 0.6) is 0 Å². The Morgan fingerprint density at radius 3 is 2.46 bits per heavy atom. The number of anilines is 1. The molecule has 0 fully saturated rings. The molecule has 5 heteroatoms. The number of esters is 1. The number of hydrogen-bond donors (Lipinski definition) is 0. The Balaban J connectivity index is 1.53. The predicted octanol–water partition coefficient (Wildman–Crippen LogP) is 3.65. The van der Waals surface area contributed by atoms with Gasteiger partial charge in [0.1, 0.15) is 6.54 Å². The first-order chi connectivity index (χ1) is 13.7. The van der Waals surface area contributed by atoms with Gasteiger partial charge in [-0.25, -0.2) is 4.79 Å². The standard InChI is InChI=1S/C23H18N2O3/c24-13-14-25(18-6-2-1-3-7-18)21(26)15-28-23(27)20-12-11-17-10-9-16-5-4-8-19(20)22(16)17/h1-8,11-12H,9-10,14-15H2. The topological polar surface area (TPSA) is 70.4 Å². The van der Waals surface area contributed by atoms with E-state index in [2.05, 4.69) is 6.07 Å². The Hall–Kier alpha value is -3.65. The van der Waals surface area contributed by atoms with Crippen LogP contribution in [0.3, 0.4) is 0 Å².